The number of unbranched alkanes of at least 4 members (excludes halogenated alkanes) is 1. The average molecular weight is 439 g/mol. The number of hydrogen-bond donors (Lipinski definition) is 1. The van der Waals surface area contributed by atoms with Crippen LogP contribution >= 0.6 is 0 Å². The molecule has 0 radical (unpaired) electrons. The summed E-state index contributed by atoms with van der Waals surface area (Å²) in [4.78, 5) is 12.8. The Morgan fingerprint density at radius 1 is 1.12 bits per heavy atom. The van der Waals surface area contributed by atoms with E-state index in [2.05, 4.69) is 10.4 Å². The van der Waals surface area contributed by atoms with E-state index in [1.165, 1.54) is 12.1 Å². The molecule has 0 unspecified atom stereocenters. The van der Waals surface area contributed by atoms with Crippen LogP contribution in [0.15, 0.2) is 48.7 Å². The van der Waals surface area contributed by atoms with Gasteiger partial charge in [-0.05, 0) is 55.3 Å². The molecule has 2 aromatic carbocycles. The summed E-state index contributed by atoms with van der Waals surface area (Å²) in [5.41, 5.74) is 1.90. The Hall–Kier alpha value is -3.55. The van der Waals surface area contributed by atoms with Gasteiger partial charge in [-0.15, -0.1) is 0 Å². The van der Waals surface area contributed by atoms with Crippen molar-refractivity contribution in [2.75, 3.05) is 26.4 Å². The van der Waals surface area contributed by atoms with E-state index in [1.54, 1.807) is 30.1 Å². The Labute approximate surface area is 186 Å². The van der Waals surface area contributed by atoms with Crippen molar-refractivity contribution in [2.45, 2.75) is 19.3 Å². The van der Waals surface area contributed by atoms with Crippen LogP contribution < -0.4 is 19.5 Å². The normalized spacial score (nSPS) is 12.8. The van der Waals surface area contributed by atoms with E-state index in [4.69, 9.17) is 14.2 Å². The van der Waals surface area contributed by atoms with Gasteiger partial charge < -0.3 is 19.5 Å². The summed E-state index contributed by atoms with van der Waals surface area (Å²) in [7, 11) is 1.79. The van der Waals surface area contributed by atoms with Crippen LogP contribution in [-0.4, -0.2) is 42.1 Å². The molecular weight excluding hydrogens is 413 g/mol. The quantitative estimate of drug-likeness (QED) is 0.538. The van der Waals surface area contributed by atoms with E-state index in [0.29, 0.717) is 54.9 Å². The fraction of sp³-hybridized carbons (Fsp3) is 0.333. The Bertz CT molecular complexity index is 1070. The number of benzene rings is 2. The van der Waals surface area contributed by atoms with Crippen LogP contribution in [0.2, 0.25) is 0 Å². The zero-order valence-electron chi connectivity index (χ0n) is 18.0. The van der Waals surface area contributed by atoms with Crippen LogP contribution in [0.4, 0.5) is 4.39 Å². The van der Waals surface area contributed by atoms with Crippen LogP contribution in [0.1, 0.15) is 29.6 Å². The first kappa shape index (κ1) is 21.7. The predicted octanol–water partition coefficient (Wildman–Crippen LogP) is 3.98. The molecule has 8 heteroatoms. The number of nitrogens with zero attached hydrogens (tertiary/aromatic N) is 2. The van der Waals surface area contributed by atoms with Gasteiger partial charge in [-0.1, -0.05) is 0 Å². The smallest absolute Gasteiger partial charge is 0.255 e. The summed E-state index contributed by atoms with van der Waals surface area (Å²) in [5, 5.41) is 7.43. The van der Waals surface area contributed by atoms with Crippen molar-refractivity contribution < 1.29 is 23.4 Å². The zero-order valence-corrected chi connectivity index (χ0v) is 18.0. The lowest BCUT2D eigenvalue weighted by atomic mass is 10.1. The molecule has 1 aliphatic heterocycles. The molecule has 4 rings (SSSR count). The molecule has 2 heterocycles. The van der Waals surface area contributed by atoms with Crippen LogP contribution in [-0.2, 0) is 7.05 Å². The largest absolute Gasteiger partial charge is 0.494 e. The standard InChI is InChI=1S/C24H26FN3O4/c1-28-16-20(23(27-28)17-5-10-21-22(15-17)32-14-4-13-31-21)24(29)26-11-2-3-12-30-19-8-6-18(25)7-9-19/h5-10,15-16H,2-4,11-14H2,1H3,(H,26,29). The molecule has 3 aromatic rings. The SMILES string of the molecule is Cn1cc(C(=O)NCCCCOc2ccc(F)cc2)c(-c2ccc3c(c2)OCCCO3)n1. The molecule has 1 aromatic heterocycles. The van der Waals surface area contributed by atoms with Crippen LogP contribution in [0, 0.1) is 5.82 Å². The highest BCUT2D eigenvalue weighted by Crippen LogP contribution is 2.34. The van der Waals surface area contributed by atoms with E-state index >= 15 is 0 Å². The molecule has 0 saturated carbocycles. The predicted molar refractivity (Wildman–Crippen MR) is 118 cm³/mol. The minimum absolute atomic E-state index is 0.181. The number of fused-ring (bicyclic) bond motifs is 1. The highest BCUT2D eigenvalue weighted by atomic mass is 19.1. The Morgan fingerprint density at radius 2 is 1.91 bits per heavy atom. The van der Waals surface area contributed by atoms with Gasteiger partial charge in [0.2, 0.25) is 0 Å². The van der Waals surface area contributed by atoms with E-state index in [0.717, 1.165) is 24.8 Å². The third-order valence-electron chi connectivity index (χ3n) is 5.03. The summed E-state index contributed by atoms with van der Waals surface area (Å²) >= 11 is 0. The van der Waals surface area contributed by atoms with Gasteiger partial charge >= 0.3 is 0 Å². The fourth-order valence-electron chi connectivity index (χ4n) is 3.42. The number of carbonyl (C=O) groups is 1. The summed E-state index contributed by atoms with van der Waals surface area (Å²) in [5.74, 6) is 1.53. The topological polar surface area (TPSA) is 74.6 Å². The summed E-state index contributed by atoms with van der Waals surface area (Å²) in [6.45, 7) is 2.23. The van der Waals surface area contributed by atoms with Crippen molar-refractivity contribution in [1.29, 1.82) is 0 Å². The van der Waals surface area contributed by atoms with Crippen LogP contribution in [0.25, 0.3) is 11.3 Å². The molecule has 168 valence electrons. The van der Waals surface area contributed by atoms with E-state index in [1.807, 2.05) is 18.2 Å². The van der Waals surface area contributed by atoms with E-state index < -0.39 is 0 Å². The van der Waals surface area contributed by atoms with Gasteiger partial charge in [-0.25, -0.2) is 4.39 Å². The molecule has 0 bridgehead atoms. The first-order valence-corrected chi connectivity index (χ1v) is 10.7. The lowest BCUT2D eigenvalue weighted by Gasteiger charge is -2.10. The number of halogens is 1. The van der Waals surface area contributed by atoms with Crippen molar-refractivity contribution in [3.8, 4) is 28.5 Å². The second-order valence-corrected chi connectivity index (χ2v) is 7.54. The van der Waals surface area contributed by atoms with Crippen molar-refractivity contribution in [3.05, 3.63) is 60.0 Å². The molecule has 32 heavy (non-hydrogen) atoms. The van der Waals surface area contributed by atoms with Gasteiger partial charge in [0.15, 0.2) is 11.5 Å². The van der Waals surface area contributed by atoms with Crippen molar-refractivity contribution in [1.82, 2.24) is 15.1 Å². The third kappa shape index (κ3) is 5.38. The summed E-state index contributed by atoms with van der Waals surface area (Å²) in [6.07, 6.45) is 4.06. The van der Waals surface area contributed by atoms with Gasteiger partial charge in [0, 0.05) is 31.8 Å². The van der Waals surface area contributed by atoms with Crippen molar-refractivity contribution in [3.63, 3.8) is 0 Å². The maximum atomic E-state index is 12.9. The molecule has 7 nitrogen and oxygen atoms in total. The molecule has 0 saturated heterocycles. The number of aryl methyl sites for hydroxylation is 1. The average Bonchev–Trinajstić information content (AvgIpc) is 3.03. The number of rotatable bonds is 8. The Balaban J connectivity index is 1.32. The molecule has 0 aliphatic carbocycles. The molecule has 1 amide bonds. The van der Waals surface area contributed by atoms with Crippen LogP contribution in [0.5, 0.6) is 17.2 Å². The number of ether oxygens (including phenoxy) is 3. The number of hydrogen-bond acceptors (Lipinski definition) is 5. The number of amides is 1. The maximum Gasteiger partial charge on any atom is 0.255 e. The minimum atomic E-state index is -0.290. The van der Waals surface area contributed by atoms with Gasteiger partial charge in [-0.2, -0.15) is 5.10 Å². The number of carbonyl (C=O) groups excluding carboxylic acids is 1. The van der Waals surface area contributed by atoms with E-state index in [-0.39, 0.29) is 11.7 Å². The Morgan fingerprint density at radius 3 is 2.72 bits per heavy atom. The molecule has 1 N–H and O–H groups in total. The first-order valence-electron chi connectivity index (χ1n) is 10.7. The summed E-state index contributed by atoms with van der Waals surface area (Å²) < 4.78 is 31.6. The van der Waals surface area contributed by atoms with Gasteiger partial charge in [-0.3, -0.25) is 9.48 Å². The monoisotopic (exact) mass is 439 g/mol. The van der Waals surface area contributed by atoms with Gasteiger partial charge in [0.05, 0.1) is 25.4 Å². The molecule has 0 spiro atoms. The molecule has 0 atom stereocenters. The minimum Gasteiger partial charge on any atom is -0.494 e. The van der Waals surface area contributed by atoms with Crippen molar-refractivity contribution in [2.24, 2.45) is 7.05 Å². The third-order valence-corrected chi connectivity index (χ3v) is 5.03. The highest BCUT2D eigenvalue weighted by Gasteiger charge is 2.19. The lowest BCUT2D eigenvalue weighted by molar-refractivity contribution is 0.0953. The number of nitrogens with one attached hydrogen (secondary N) is 1. The van der Waals surface area contributed by atoms with E-state index in [9.17, 15) is 9.18 Å². The zero-order chi connectivity index (χ0) is 22.3. The van der Waals surface area contributed by atoms with Crippen molar-refractivity contribution >= 4 is 5.91 Å². The summed E-state index contributed by atoms with van der Waals surface area (Å²) in [6, 6.07) is 11.5. The maximum absolute atomic E-state index is 12.9. The number of aromatic nitrogens is 2. The lowest BCUT2D eigenvalue weighted by Crippen LogP contribution is -2.25. The molecule has 1 aliphatic rings. The van der Waals surface area contributed by atoms with Crippen LogP contribution in [0.3, 0.4) is 0 Å². The Kier molecular flexibility index (Phi) is 6.89. The second-order valence-electron chi connectivity index (χ2n) is 7.54. The molecular formula is C24H26FN3O4. The fourth-order valence-corrected chi connectivity index (χ4v) is 3.42. The highest BCUT2D eigenvalue weighted by molar-refractivity contribution is 5.99. The second kappa shape index (κ2) is 10.2. The first-order chi connectivity index (χ1) is 15.6. The van der Waals surface area contributed by atoms with Gasteiger partial charge in [0.1, 0.15) is 17.3 Å². The van der Waals surface area contributed by atoms with Gasteiger partial charge in [0.25, 0.3) is 5.91 Å². The molecule has 0 fully saturated rings.